The van der Waals surface area contributed by atoms with Crippen LogP contribution in [0.25, 0.3) is 0 Å². The maximum atomic E-state index is 14.3. The molecule has 4 saturated heterocycles. The molecule has 0 unspecified atom stereocenters. The summed E-state index contributed by atoms with van der Waals surface area (Å²) < 4.78 is 42.3. The van der Waals surface area contributed by atoms with E-state index in [2.05, 4.69) is 41.5 Å². The quantitative estimate of drug-likeness (QED) is 0.138. The molecule has 0 spiro atoms. The van der Waals surface area contributed by atoms with Crippen LogP contribution in [0.15, 0.2) is 0 Å². The molecule has 17 nitrogen and oxygen atoms in total. The Morgan fingerprint density at radius 3 is 1.84 bits per heavy atom. The van der Waals surface area contributed by atoms with Crippen LogP contribution in [-0.2, 0) is 38.0 Å². The zero-order valence-electron chi connectivity index (χ0n) is 38.4. The lowest BCUT2D eigenvalue weighted by Crippen LogP contribution is -2.69. The highest BCUT2D eigenvalue weighted by molar-refractivity contribution is 5.80. The van der Waals surface area contributed by atoms with Gasteiger partial charge in [-0.2, -0.15) is 0 Å². The molecule has 4 aliphatic heterocycles. The number of aliphatic hydroxyl groups is 9. The third-order valence-corrected chi connectivity index (χ3v) is 20.0. The largest absolute Gasteiger partial charge is 0.459 e. The Kier molecular flexibility index (Phi) is 12.6. The van der Waals surface area contributed by atoms with Crippen molar-refractivity contribution in [1.82, 2.24) is 0 Å². The summed E-state index contributed by atoms with van der Waals surface area (Å²) in [5.74, 6) is 1.77. The number of rotatable bonds is 10. The molecule has 9 aliphatic rings. The highest BCUT2D eigenvalue weighted by Crippen LogP contribution is 2.79. The van der Waals surface area contributed by atoms with Gasteiger partial charge < -0.3 is 79.1 Å². The first-order valence-corrected chi connectivity index (χ1v) is 24.2. The van der Waals surface area contributed by atoms with Gasteiger partial charge in [0.15, 0.2) is 18.9 Å². The number of hydrogen-bond acceptors (Lipinski definition) is 17. The van der Waals surface area contributed by atoms with Gasteiger partial charge >= 0.3 is 5.97 Å². The van der Waals surface area contributed by atoms with Crippen LogP contribution in [-0.4, -0.2) is 170 Å². The van der Waals surface area contributed by atoms with Crippen LogP contribution < -0.4 is 0 Å². The number of fused-ring (bicyclic) bond motifs is 5. The van der Waals surface area contributed by atoms with E-state index in [1.54, 1.807) is 0 Å². The molecule has 0 aromatic carbocycles. The first kappa shape index (κ1) is 47.9. The molecule has 17 heteroatoms. The number of aliphatic hydroxyl groups excluding tert-OH is 9. The van der Waals surface area contributed by atoms with Crippen LogP contribution in [0.2, 0.25) is 0 Å². The topological polar surface area (TPSA) is 264 Å². The van der Waals surface area contributed by atoms with Gasteiger partial charge in [-0.3, -0.25) is 4.79 Å². The third kappa shape index (κ3) is 6.97. The Morgan fingerprint density at radius 2 is 1.14 bits per heavy atom. The standard InChI is InChI=1S/C47H76O17/c1-42(2)22-11-17-47(41(57)64-42)23(22)10-15-46(6)29(47)9-8-28-44(4)14-7-13-43(3,27(44)12-16-45(28,46)5)21-59-40-37(63-39-35(55)31(51)25(19-49)61-39)34(54)32(52)26(62-40)20-58-38-36(56)33(53)30(50)24(18-48)60-38/h22-40,48-56H,7-21H2,1-6H3/t22-,23-,24+,25-,26+,27-,28+,29-,30+,31-,32+,33-,34-,35+,36+,37+,38+,39-,40+,43+,44-,45+,46+,47+/m0/s1. The number of esters is 1. The number of ether oxygens (including phenoxy) is 7. The Bertz CT molecular complexity index is 1720. The lowest BCUT2D eigenvalue weighted by molar-refractivity contribution is -0.354. The molecular formula is C47H76O17. The second-order valence-electron chi connectivity index (χ2n) is 23.1. The fraction of sp³-hybridized carbons (Fsp3) is 0.979. The average molecular weight is 913 g/mol. The number of carbonyl (C=O) groups excluding carboxylic acids is 1. The van der Waals surface area contributed by atoms with Gasteiger partial charge in [0.05, 0.1) is 31.8 Å². The van der Waals surface area contributed by atoms with Gasteiger partial charge in [-0.1, -0.05) is 34.1 Å². The summed E-state index contributed by atoms with van der Waals surface area (Å²) >= 11 is 0. The zero-order chi connectivity index (χ0) is 46.1. The molecule has 366 valence electrons. The second kappa shape index (κ2) is 16.8. The van der Waals surface area contributed by atoms with E-state index in [4.69, 9.17) is 33.2 Å². The Hall–Kier alpha value is -1.13. The maximum Gasteiger partial charge on any atom is 0.313 e. The molecule has 5 saturated carbocycles. The van der Waals surface area contributed by atoms with Gasteiger partial charge in [0.1, 0.15) is 72.7 Å². The summed E-state index contributed by atoms with van der Waals surface area (Å²) in [6.07, 6.45) is -9.96. The minimum absolute atomic E-state index is 0.00424. The van der Waals surface area contributed by atoms with Crippen LogP contribution >= 0.6 is 0 Å². The van der Waals surface area contributed by atoms with E-state index in [0.717, 1.165) is 70.6 Å². The van der Waals surface area contributed by atoms with Gasteiger partial charge in [-0.15, -0.1) is 0 Å². The molecule has 2 bridgehead atoms. The third-order valence-electron chi connectivity index (χ3n) is 20.0. The number of cyclic esters (lactones) is 1. The van der Waals surface area contributed by atoms with Crippen molar-refractivity contribution < 1.29 is 83.9 Å². The van der Waals surface area contributed by atoms with Gasteiger partial charge in [0.2, 0.25) is 0 Å². The monoisotopic (exact) mass is 913 g/mol. The number of carbonyl (C=O) groups is 1. The van der Waals surface area contributed by atoms with Crippen molar-refractivity contribution in [1.29, 1.82) is 0 Å². The predicted octanol–water partition coefficient (Wildman–Crippen LogP) is 0.878. The molecule has 4 heterocycles. The molecule has 9 fully saturated rings. The molecule has 24 atom stereocenters. The van der Waals surface area contributed by atoms with Gasteiger partial charge in [0.25, 0.3) is 0 Å². The highest BCUT2D eigenvalue weighted by atomic mass is 16.8. The molecule has 9 rings (SSSR count). The van der Waals surface area contributed by atoms with Crippen molar-refractivity contribution in [2.24, 2.45) is 56.7 Å². The van der Waals surface area contributed by atoms with Crippen LogP contribution in [0.4, 0.5) is 0 Å². The van der Waals surface area contributed by atoms with Crippen molar-refractivity contribution in [2.75, 3.05) is 26.4 Å². The summed E-state index contributed by atoms with van der Waals surface area (Å²) in [5.41, 5.74) is -1.26. The van der Waals surface area contributed by atoms with E-state index in [-0.39, 0.29) is 46.1 Å². The molecule has 0 radical (unpaired) electrons. The van der Waals surface area contributed by atoms with Crippen LogP contribution in [0.1, 0.15) is 112 Å². The van der Waals surface area contributed by atoms with Crippen LogP contribution in [0.3, 0.4) is 0 Å². The van der Waals surface area contributed by atoms with Crippen molar-refractivity contribution in [3.63, 3.8) is 0 Å². The summed E-state index contributed by atoms with van der Waals surface area (Å²) in [4.78, 5) is 14.3. The molecule has 0 amide bonds. The van der Waals surface area contributed by atoms with Gasteiger partial charge in [-0.05, 0) is 123 Å². The predicted molar refractivity (Wildman–Crippen MR) is 222 cm³/mol. The summed E-state index contributed by atoms with van der Waals surface area (Å²) in [5, 5.41) is 95.0. The fourth-order valence-corrected chi connectivity index (χ4v) is 16.5. The maximum absolute atomic E-state index is 14.3. The van der Waals surface area contributed by atoms with E-state index in [0.29, 0.717) is 17.8 Å². The van der Waals surface area contributed by atoms with Crippen molar-refractivity contribution in [3.05, 3.63) is 0 Å². The van der Waals surface area contributed by atoms with Crippen molar-refractivity contribution in [2.45, 2.75) is 204 Å². The Labute approximate surface area is 376 Å². The molecular weight excluding hydrogens is 837 g/mol. The minimum atomic E-state index is -1.71. The zero-order valence-corrected chi connectivity index (χ0v) is 38.4. The fourth-order valence-electron chi connectivity index (χ4n) is 16.5. The van der Waals surface area contributed by atoms with Crippen LogP contribution in [0, 0.1) is 56.7 Å². The first-order chi connectivity index (χ1) is 30.1. The van der Waals surface area contributed by atoms with Crippen LogP contribution in [0.5, 0.6) is 0 Å². The Balaban J connectivity index is 0.944. The van der Waals surface area contributed by atoms with Crippen molar-refractivity contribution in [3.8, 4) is 0 Å². The lowest BCUT2D eigenvalue weighted by atomic mass is 9.31. The lowest BCUT2D eigenvalue weighted by Gasteiger charge is -2.73. The van der Waals surface area contributed by atoms with Gasteiger partial charge in [-0.25, -0.2) is 0 Å². The number of hydrogen-bond donors (Lipinski definition) is 9. The molecule has 0 aromatic rings. The average Bonchev–Trinajstić information content (AvgIpc) is 3.76. The minimum Gasteiger partial charge on any atom is -0.459 e. The van der Waals surface area contributed by atoms with E-state index in [9.17, 15) is 50.8 Å². The van der Waals surface area contributed by atoms with E-state index < -0.39 is 117 Å². The summed E-state index contributed by atoms with van der Waals surface area (Å²) in [7, 11) is 0. The van der Waals surface area contributed by atoms with E-state index in [1.165, 1.54) is 0 Å². The smallest absolute Gasteiger partial charge is 0.313 e. The normalized spacial score (nSPS) is 56.7. The SMILES string of the molecule is CC1(C)OC(=O)[C@]23CC[C@H]1[C@@H]2CC[C@]1(C)[C@@H]3CC[C@@H]2[C@@]3(C)CCC[C@](C)(CO[C@@H]4O[C@H](CO[C@@H]5O[C@H](CO)[C@@H](O)[C@H](O)[C@H]5O)[C@@H](O)[C@H](O)[C@H]4O[C@@H]4O[C@@H](CO)[C@H](O)[C@H]4O)[C@@H]3CC[C@]21C. The second-order valence-corrected chi connectivity index (χ2v) is 23.1. The van der Waals surface area contributed by atoms with Gasteiger partial charge in [0, 0.05) is 5.92 Å². The van der Waals surface area contributed by atoms with Crippen molar-refractivity contribution >= 4 is 5.97 Å². The highest BCUT2D eigenvalue weighted by Gasteiger charge is 2.76. The molecule has 0 aromatic heterocycles. The molecule has 64 heavy (non-hydrogen) atoms. The van der Waals surface area contributed by atoms with E-state index >= 15 is 0 Å². The summed E-state index contributed by atoms with van der Waals surface area (Å²) in [6, 6.07) is 0. The first-order valence-electron chi connectivity index (χ1n) is 24.2. The molecule has 9 N–H and O–H groups in total. The molecule has 5 aliphatic carbocycles. The van der Waals surface area contributed by atoms with E-state index in [1.807, 2.05) is 0 Å². The summed E-state index contributed by atoms with van der Waals surface area (Å²) in [6.45, 7) is 12.4. The Morgan fingerprint density at radius 1 is 0.562 bits per heavy atom.